The second-order valence-corrected chi connectivity index (χ2v) is 2.24. The highest BCUT2D eigenvalue weighted by Gasteiger charge is 2.04. The molecule has 2 heterocycles. The summed E-state index contributed by atoms with van der Waals surface area (Å²) < 4.78 is 0. The predicted molar refractivity (Wildman–Crippen MR) is 41.6 cm³/mol. The van der Waals surface area contributed by atoms with Gasteiger partial charge in [0.25, 0.3) is 0 Å². The zero-order valence-electron chi connectivity index (χ0n) is 5.54. The zero-order chi connectivity index (χ0) is 6.81. The molecule has 0 aromatic rings. The molecule has 2 heteroatoms. The minimum atomic E-state index is 0.955. The van der Waals surface area contributed by atoms with Gasteiger partial charge in [0.05, 0.1) is 5.70 Å². The molecule has 0 bridgehead atoms. The molecule has 2 aliphatic rings. The molecule has 1 N–H and O–H groups in total. The minimum Gasteiger partial charge on any atom is -0.366 e. The number of dihydropyridines is 2. The molecule has 0 spiro atoms. The molecular formula is C8H8N2. The van der Waals surface area contributed by atoms with E-state index in [-0.39, 0.29) is 0 Å². The highest BCUT2D eigenvalue weighted by Crippen LogP contribution is 2.18. The SMILES string of the molecule is C1=CC2=CCC=NC2=CN1. The largest absolute Gasteiger partial charge is 0.366 e. The summed E-state index contributed by atoms with van der Waals surface area (Å²) in [5.41, 5.74) is 2.26. The van der Waals surface area contributed by atoms with Crippen LogP contribution in [-0.2, 0) is 0 Å². The monoisotopic (exact) mass is 132 g/mol. The van der Waals surface area contributed by atoms with Crippen molar-refractivity contribution in [2.24, 2.45) is 4.99 Å². The smallest absolute Gasteiger partial charge is 0.0855 e. The molecule has 0 aliphatic carbocycles. The van der Waals surface area contributed by atoms with Gasteiger partial charge in [-0.2, -0.15) is 0 Å². The third-order valence-electron chi connectivity index (χ3n) is 1.55. The Morgan fingerprint density at radius 1 is 1.50 bits per heavy atom. The highest BCUT2D eigenvalue weighted by molar-refractivity contribution is 5.67. The Morgan fingerprint density at radius 2 is 2.50 bits per heavy atom. The number of rotatable bonds is 0. The van der Waals surface area contributed by atoms with Crippen LogP contribution in [-0.4, -0.2) is 6.21 Å². The first-order valence-electron chi connectivity index (χ1n) is 3.33. The van der Waals surface area contributed by atoms with E-state index >= 15 is 0 Å². The van der Waals surface area contributed by atoms with Crippen LogP contribution in [0.15, 0.2) is 40.8 Å². The van der Waals surface area contributed by atoms with Crippen molar-refractivity contribution in [2.75, 3.05) is 0 Å². The second kappa shape index (κ2) is 2.14. The fourth-order valence-corrected chi connectivity index (χ4v) is 1.05. The highest BCUT2D eigenvalue weighted by atomic mass is 14.9. The van der Waals surface area contributed by atoms with Gasteiger partial charge in [-0.05, 0) is 11.6 Å². The maximum atomic E-state index is 4.21. The van der Waals surface area contributed by atoms with Gasteiger partial charge < -0.3 is 5.32 Å². The Kier molecular flexibility index (Phi) is 1.17. The molecule has 0 saturated carbocycles. The first-order chi connectivity index (χ1) is 4.97. The number of nitrogens with one attached hydrogen (secondary N) is 1. The first kappa shape index (κ1) is 5.47. The van der Waals surface area contributed by atoms with Crippen molar-refractivity contribution in [1.82, 2.24) is 5.32 Å². The van der Waals surface area contributed by atoms with E-state index in [1.54, 1.807) is 0 Å². The molecule has 2 aliphatic heterocycles. The van der Waals surface area contributed by atoms with E-state index in [4.69, 9.17) is 0 Å². The van der Waals surface area contributed by atoms with E-state index in [9.17, 15) is 0 Å². The summed E-state index contributed by atoms with van der Waals surface area (Å²) in [5.74, 6) is 0. The van der Waals surface area contributed by atoms with E-state index in [1.807, 2.05) is 24.7 Å². The summed E-state index contributed by atoms with van der Waals surface area (Å²) in [7, 11) is 0. The fraction of sp³-hybridized carbons (Fsp3) is 0.125. The van der Waals surface area contributed by atoms with Crippen molar-refractivity contribution in [3.8, 4) is 0 Å². The average Bonchev–Trinajstić information content (AvgIpc) is 2.05. The summed E-state index contributed by atoms with van der Waals surface area (Å²) in [6.45, 7) is 0. The van der Waals surface area contributed by atoms with Crippen LogP contribution in [0.4, 0.5) is 0 Å². The quantitative estimate of drug-likeness (QED) is 0.528. The van der Waals surface area contributed by atoms with E-state index in [0.29, 0.717) is 0 Å². The number of allylic oxidation sites excluding steroid dienone is 2. The Morgan fingerprint density at radius 3 is 3.40 bits per heavy atom. The lowest BCUT2D eigenvalue weighted by Gasteiger charge is -2.10. The molecule has 0 amide bonds. The summed E-state index contributed by atoms with van der Waals surface area (Å²) in [4.78, 5) is 4.21. The molecular weight excluding hydrogens is 124 g/mol. The standard InChI is InChI=1S/C8H8N2/c1-2-7-3-5-9-6-8(7)10-4-1/h2-6,9H,1H2. The van der Waals surface area contributed by atoms with Crippen LogP contribution >= 0.6 is 0 Å². The van der Waals surface area contributed by atoms with Gasteiger partial charge in [0, 0.05) is 25.0 Å². The molecule has 2 nitrogen and oxygen atoms in total. The summed E-state index contributed by atoms with van der Waals surface area (Å²) in [6.07, 6.45) is 10.9. The number of hydrogen-bond donors (Lipinski definition) is 1. The molecule has 0 aromatic heterocycles. The molecule has 0 aromatic carbocycles. The lowest BCUT2D eigenvalue weighted by Crippen LogP contribution is -2.04. The van der Waals surface area contributed by atoms with Gasteiger partial charge in [-0.3, -0.25) is 4.99 Å². The predicted octanol–water partition coefficient (Wildman–Crippen LogP) is 1.35. The molecule has 50 valence electrons. The maximum Gasteiger partial charge on any atom is 0.0855 e. The van der Waals surface area contributed by atoms with Gasteiger partial charge in [0.15, 0.2) is 0 Å². The van der Waals surface area contributed by atoms with Crippen LogP contribution < -0.4 is 5.32 Å². The van der Waals surface area contributed by atoms with Crippen LogP contribution in [0.1, 0.15) is 6.42 Å². The van der Waals surface area contributed by atoms with Crippen molar-refractivity contribution >= 4 is 6.21 Å². The van der Waals surface area contributed by atoms with E-state index in [1.165, 1.54) is 5.57 Å². The van der Waals surface area contributed by atoms with E-state index < -0.39 is 0 Å². The number of nitrogens with zero attached hydrogens (tertiary/aromatic N) is 1. The zero-order valence-corrected chi connectivity index (χ0v) is 5.54. The Hall–Kier alpha value is -1.31. The summed E-state index contributed by atoms with van der Waals surface area (Å²) in [5, 5.41) is 2.99. The Labute approximate surface area is 59.7 Å². The fourth-order valence-electron chi connectivity index (χ4n) is 1.05. The molecule has 0 radical (unpaired) electrons. The van der Waals surface area contributed by atoms with Crippen molar-refractivity contribution in [3.63, 3.8) is 0 Å². The van der Waals surface area contributed by atoms with Crippen LogP contribution in [0.3, 0.4) is 0 Å². The molecule has 0 unspecified atom stereocenters. The molecule has 0 saturated heterocycles. The van der Waals surface area contributed by atoms with Crippen LogP contribution in [0.25, 0.3) is 0 Å². The van der Waals surface area contributed by atoms with E-state index in [0.717, 1.165) is 12.1 Å². The van der Waals surface area contributed by atoms with Crippen LogP contribution in [0, 0.1) is 0 Å². The first-order valence-corrected chi connectivity index (χ1v) is 3.33. The number of hydrogen-bond acceptors (Lipinski definition) is 2. The van der Waals surface area contributed by atoms with Crippen molar-refractivity contribution in [1.29, 1.82) is 0 Å². The van der Waals surface area contributed by atoms with Gasteiger partial charge >= 0.3 is 0 Å². The van der Waals surface area contributed by atoms with Gasteiger partial charge in [0.1, 0.15) is 0 Å². The topological polar surface area (TPSA) is 24.4 Å². The number of fused-ring (bicyclic) bond motifs is 1. The molecule has 2 rings (SSSR count). The van der Waals surface area contributed by atoms with Gasteiger partial charge in [-0.1, -0.05) is 6.08 Å². The summed E-state index contributed by atoms with van der Waals surface area (Å²) >= 11 is 0. The van der Waals surface area contributed by atoms with Gasteiger partial charge in [-0.25, -0.2) is 0 Å². The van der Waals surface area contributed by atoms with Crippen LogP contribution in [0.2, 0.25) is 0 Å². The second-order valence-electron chi connectivity index (χ2n) is 2.24. The number of aliphatic imine (C=N–C) groups is 1. The molecule has 0 fully saturated rings. The van der Waals surface area contributed by atoms with E-state index in [2.05, 4.69) is 16.4 Å². The minimum absolute atomic E-state index is 0.955. The maximum absolute atomic E-state index is 4.21. The summed E-state index contributed by atoms with van der Waals surface area (Å²) in [6, 6.07) is 0. The van der Waals surface area contributed by atoms with Crippen LogP contribution in [0.5, 0.6) is 0 Å². The lowest BCUT2D eigenvalue weighted by molar-refractivity contribution is 1.09. The van der Waals surface area contributed by atoms with Crippen molar-refractivity contribution in [2.45, 2.75) is 6.42 Å². The average molecular weight is 132 g/mol. The van der Waals surface area contributed by atoms with Gasteiger partial charge in [0.2, 0.25) is 0 Å². The third-order valence-corrected chi connectivity index (χ3v) is 1.55. The lowest BCUT2D eigenvalue weighted by atomic mass is 10.1. The Bertz CT molecular complexity index is 228. The normalized spacial score (nSPS) is 20.8. The third kappa shape index (κ3) is 0.778. The molecule has 10 heavy (non-hydrogen) atoms. The van der Waals surface area contributed by atoms with Gasteiger partial charge in [-0.15, -0.1) is 0 Å². The van der Waals surface area contributed by atoms with Crippen molar-refractivity contribution < 1.29 is 0 Å². The van der Waals surface area contributed by atoms with Crippen molar-refractivity contribution in [3.05, 3.63) is 35.8 Å². The molecule has 0 atom stereocenters. The Balaban J connectivity index is 2.38.